The van der Waals surface area contributed by atoms with Gasteiger partial charge in [-0.3, -0.25) is 14.3 Å². The summed E-state index contributed by atoms with van der Waals surface area (Å²) in [4.78, 5) is 26.2. The van der Waals surface area contributed by atoms with Crippen molar-refractivity contribution < 1.29 is 5.11 Å². The number of aromatic nitrogens is 2. The van der Waals surface area contributed by atoms with Crippen LogP contribution in [0.25, 0.3) is 10.9 Å². The second-order valence-electron chi connectivity index (χ2n) is 5.60. The number of nitrogens with zero attached hydrogens (tertiary/aromatic N) is 1. The molecule has 1 aromatic heterocycles. The van der Waals surface area contributed by atoms with E-state index in [0.29, 0.717) is 18.4 Å². The lowest BCUT2D eigenvalue weighted by Gasteiger charge is -2.11. The molecule has 0 saturated heterocycles. The Kier molecular flexibility index (Phi) is 4.77. The first kappa shape index (κ1) is 16.0. The van der Waals surface area contributed by atoms with Crippen molar-refractivity contribution in [3.8, 4) is 5.75 Å². The highest BCUT2D eigenvalue weighted by molar-refractivity contribution is 5.83. The highest BCUT2D eigenvalue weighted by Crippen LogP contribution is 2.20. The topological polar surface area (TPSA) is 87.1 Å². The number of hydrogen-bond donors (Lipinski definition) is 3. The van der Waals surface area contributed by atoms with Crippen LogP contribution in [0.3, 0.4) is 0 Å². The maximum Gasteiger partial charge on any atom is 0.328 e. The van der Waals surface area contributed by atoms with Crippen molar-refractivity contribution in [2.75, 3.05) is 6.54 Å². The Morgan fingerprint density at radius 1 is 1.04 bits per heavy atom. The van der Waals surface area contributed by atoms with E-state index in [0.717, 1.165) is 13.1 Å². The molecule has 24 heavy (non-hydrogen) atoms. The van der Waals surface area contributed by atoms with E-state index in [9.17, 15) is 14.7 Å². The Balaban J connectivity index is 1.69. The Labute approximate surface area is 138 Å². The zero-order valence-corrected chi connectivity index (χ0v) is 13.2. The summed E-state index contributed by atoms with van der Waals surface area (Å²) in [7, 11) is 0. The van der Waals surface area contributed by atoms with E-state index in [1.807, 2.05) is 30.3 Å². The van der Waals surface area contributed by atoms with E-state index >= 15 is 0 Å². The Hall–Kier alpha value is -2.86. The zero-order valence-electron chi connectivity index (χ0n) is 13.2. The van der Waals surface area contributed by atoms with Crippen LogP contribution in [-0.4, -0.2) is 21.2 Å². The molecule has 0 radical (unpaired) electrons. The first-order valence-corrected chi connectivity index (χ1v) is 7.86. The molecular formula is C18H19N3O3. The minimum atomic E-state index is -0.503. The van der Waals surface area contributed by atoms with Crippen molar-refractivity contribution in [3.05, 3.63) is 74.9 Å². The summed E-state index contributed by atoms with van der Waals surface area (Å²) >= 11 is 0. The van der Waals surface area contributed by atoms with Gasteiger partial charge in [0.25, 0.3) is 5.56 Å². The van der Waals surface area contributed by atoms with E-state index < -0.39 is 11.2 Å². The number of phenolic OH excluding ortho intramolecular Hbond substituents is 1. The van der Waals surface area contributed by atoms with Crippen LogP contribution >= 0.6 is 0 Å². The van der Waals surface area contributed by atoms with Gasteiger partial charge in [0.05, 0.1) is 5.39 Å². The van der Waals surface area contributed by atoms with Crippen molar-refractivity contribution in [1.82, 2.24) is 14.9 Å². The van der Waals surface area contributed by atoms with Crippen LogP contribution < -0.4 is 16.6 Å². The number of H-pyrrole nitrogens is 1. The van der Waals surface area contributed by atoms with Crippen LogP contribution in [-0.2, 0) is 13.1 Å². The lowest BCUT2D eigenvalue weighted by molar-refractivity contribution is 0.474. The van der Waals surface area contributed by atoms with Crippen molar-refractivity contribution in [2.24, 2.45) is 0 Å². The number of para-hydroxylation sites is 1. The third kappa shape index (κ3) is 3.38. The highest BCUT2D eigenvalue weighted by atomic mass is 16.3. The number of aryl methyl sites for hydroxylation is 1. The van der Waals surface area contributed by atoms with Crippen molar-refractivity contribution in [3.63, 3.8) is 0 Å². The lowest BCUT2D eigenvalue weighted by Crippen LogP contribution is -2.31. The van der Waals surface area contributed by atoms with Gasteiger partial charge >= 0.3 is 5.69 Å². The third-order valence-electron chi connectivity index (χ3n) is 3.90. The van der Waals surface area contributed by atoms with E-state index in [2.05, 4.69) is 10.3 Å². The molecule has 2 aromatic carbocycles. The fraction of sp³-hybridized carbons (Fsp3) is 0.222. The number of rotatable bonds is 6. The van der Waals surface area contributed by atoms with Gasteiger partial charge in [-0.1, -0.05) is 36.4 Å². The Morgan fingerprint density at radius 2 is 1.83 bits per heavy atom. The predicted octanol–water partition coefficient (Wildman–Crippen LogP) is 1.58. The predicted molar refractivity (Wildman–Crippen MR) is 93.3 cm³/mol. The summed E-state index contributed by atoms with van der Waals surface area (Å²) in [5, 5.41) is 13.7. The molecular weight excluding hydrogens is 306 g/mol. The van der Waals surface area contributed by atoms with Gasteiger partial charge in [-0.2, -0.15) is 0 Å². The lowest BCUT2D eigenvalue weighted by atomic mass is 10.2. The molecule has 0 aliphatic carbocycles. The Bertz CT molecular complexity index is 945. The summed E-state index contributed by atoms with van der Waals surface area (Å²) in [5.74, 6) is -0.0621. The van der Waals surface area contributed by atoms with Gasteiger partial charge < -0.3 is 10.4 Å². The van der Waals surface area contributed by atoms with Crippen LogP contribution in [0, 0.1) is 0 Å². The number of benzene rings is 2. The molecule has 124 valence electrons. The average molecular weight is 325 g/mol. The smallest absolute Gasteiger partial charge is 0.328 e. The van der Waals surface area contributed by atoms with E-state index in [1.165, 1.54) is 16.2 Å². The third-order valence-corrected chi connectivity index (χ3v) is 3.90. The van der Waals surface area contributed by atoms with Gasteiger partial charge in [0.1, 0.15) is 11.3 Å². The van der Waals surface area contributed by atoms with Crippen molar-refractivity contribution in [2.45, 2.75) is 19.5 Å². The van der Waals surface area contributed by atoms with E-state index in [1.54, 1.807) is 12.1 Å². The monoisotopic (exact) mass is 325 g/mol. The van der Waals surface area contributed by atoms with E-state index in [4.69, 9.17) is 0 Å². The fourth-order valence-corrected chi connectivity index (χ4v) is 2.74. The maximum atomic E-state index is 12.1. The van der Waals surface area contributed by atoms with Crippen LogP contribution in [0.2, 0.25) is 0 Å². The minimum Gasteiger partial charge on any atom is -0.506 e. The first-order valence-electron chi connectivity index (χ1n) is 7.86. The standard InChI is InChI=1S/C18H19N3O3/c22-15-9-4-8-14-16(15)21(18(24)20-17(14)23)11-5-10-19-12-13-6-2-1-3-7-13/h1-4,6-9,19,22H,5,10-12H2,(H,20,23,24). The molecule has 0 spiro atoms. The second-order valence-corrected chi connectivity index (χ2v) is 5.60. The molecule has 6 heteroatoms. The molecule has 0 aliphatic rings. The van der Waals surface area contributed by atoms with Crippen molar-refractivity contribution in [1.29, 1.82) is 0 Å². The molecule has 0 atom stereocenters. The van der Waals surface area contributed by atoms with Crippen LogP contribution in [0.5, 0.6) is 5.75 Å². The van der Waals surface area contributed by atoms with Crippen LogP contribution in [0.15, 0.2) is 58.1 Å². The largest absolute Gasteiger partial charge is 0.506 e. The van der Waals surface area contributed by atoms with E-state index in [-0.39, 0.29) is 11.3 Å². The van der Waals surface area contributed by atoms with Gasteiger partial charge in [-0.05, 0) is 30.7 Å². The molecule has 3 rings (SSSR count). The molecule has 0 saturated carbocycles. The van der Waals surface area contributed by atoms with Gasteiger partial charge in [0, 0.05) is 13.1 Å². The van der Waals surface area contributed by atoms with Gasteiger partial charge in [-0.15, -0.1) is 0 Å². The summed E-state index contributed by atoms with van der Waals surface area (Å²) in [6.45, 7) is 1.88. The number of fused-ring (bicyclic) bond motifs is 1. The summed E-state index contributed by atoms with van der Waals surface area (Å²) in [6.07, 6.45) is 0.697. The molecule has 0 fully saturated rings. The number of nitrogens with one attached hydrogen (secondary N) is 2. The first-order chi connectivity index (χ1) is 11.7. The molecule has 3 aromatic rings. The zero-order chi connectivity index (χ0) is 16.9. The number of hydrogen-bond acceptors (Lipinski definition) is 4. The number of aromatic amines is 1. The maximum absolute atomic E-state index is 12.1. The molecule has 6 nitrogen and oxygen atoms in total. The molecule has 0 unspecified atom stereocenters. The van der Waals surface area contributed by atoms with Gasteiger partial charge in [0.2, 0.25) is 0 Å². The minimum absolute atomic E-state index is 0.0621. The normalized spacial score (nSPS) is 11.0. The van der Waals surface area contributed by atoms with Crippen molar-refractivity contribution >= 4 is 10.9 Å². The van der Waals surface area contributed by atoms with Gasteiger partial charge in [-0.25, -0.2) is 4.79 Å². The molecule has 1 heterocycles. The number of phenols is 1. The van der Waals surface area contributed by atoms with Gasteiger partial charge in [0.15, 0.2) is 0 Å². The fourth-order valence-electron chi connectivity index (χ4n) is 2.74. The molecule has 0 amide bonds. The van der Waals surface area contributed by atoms with Crippen LogP contribution in [0.1, 0.15) is 12.0 Å². The molecule has 0 bridgehead atoms. The van der Waals surface area contributed by atoms with Crippen LogP contribution in [0.4, 0.5) is 0 Å². The Morgan fingerprint density at radius 3 is 2.62 bits per heavy atom. The SMILES string of the molecule is O=c1[nH]c(=O)n(CCCNCc2ccccc2)c2c(O)cccc12. The molecule has 3 N–H and O–H groups in total. The summed E-state index contributed by atoms with van der Waals surface area (Å²) < 4.78 is 1.41. The summed E-state index contributed by atoms with van der Waals surface area (Å²) in [5.41, 5.74) is 0.498. The second kappa shape index (κ2) is 7.14. The highest BCUT2D eigenvalue weighted by Gasteiger charge is 2.10. The molecule has 0 aliphatic heterocycles. The summed E-state index contributed by atoms with van der Waals surface area (Å²) in [6, 6.07) is 14.7. The average Bonchev–Trinajstić information content (AvgIpc) is 2.58. The quantitative estimate of drug-likeness (QED) is 0.601. The number of aromatic hydroxyl groups is 1.